The average molecular weight is 201 g/mol. The van der Waals surface area contributed by atoms with Crippen molar-refractivity contribution >= 4 is 5.97 Å². The summed E-state index contributed by atoms with van der Waals surface area (Å²) in [6, 6.07) is 7.39. The van der Waals surface area contributed by atoms with E-state index >= 15 is 0 Å². The van der Waals surface area contributed by atoms with Gasteiger partial charge in [0.15, 0.2) is 0 Å². The van der Waals surface area contributed by atoms with Crippen molar-refractivity contribution in [1.82, 2.24) is 0 Å². The van der Waals surface area contributed by atoms with Crippen molar-refractivity contribution in [3.63, 3.8) is 0 Å². The van der Waals surface area contributed by atoms with Gasteiger partial charge in [0.1, 0.15) is 0 Å². The van der Waals surface area contributed by atoms with Crippen molar-refractivity contribution in [2.45, 2.75) is 25.2 Å². The molecule has 0 amide bonds. The number of aromatic carboxylic acids is 1. The summed E-state index contributed by atoms with van der Waals surface area (Å²) in [7, 11) is 0. The quantitative estimate of drug-likeness (QED) is 0.798. The van der Waals surface area contributed by atoms with Gasteiger partial charge in [-0.25, -0.2) is 4.79 Å². The fraction of sp³-hybridized carbons (Fsp3) is 0.333. The van der Waals surface area contributed by atoms with Crippen LogP contribution in [-0.2, 0) is 5.41 Å². The number of hydrogen-bond acceptors (Lipinski definition) is 2. The van der Waals surface area contributed by atoms with E-state index in [0.29, 0.717) is 5.56 Å². The van der Waals surface area contributed by atoms with Crippen LogP contribution in [0.1, 0.15) is 34.3 Å². The molecule has 3 nitrogen and oxygen atoms in total. The van der Waals surface area contributed by atoms with Crippen molar-refractivity contribution in [2.75, 3.05) is 0 Å². The van der Waals surface area contributed by atoms with Crippen LogP contribution in [0.4, 0.5) is 0 Å². The first kappa shape index (κ1) is 9.72. The molecule has 0 bridgehead atoms. The first-order valence-corrected chi connectivity index (χ1v) is 4.85. The molecule has 0 radical (unpaired) electrons. The molecule has 1 aliphatic rings. The molecule has 1 aromatic carbocycles. The van der Waals surface area contributed by atoms with E-state index in [0.717, 1.165) is 18.4 Å². The lowest BCUT2D eigenvalue weighted by atomic mass is 9.88. The molecular weight excluding hydrogens is 190 g/mol. The molecule has 0 unspecified atom stereocenters. The van der Waals surface area contributed by atoms with Gasteiger partial charge >= 0.3 is 5.97 Å². The Morgan fingerprint density at radius 2 is 2.20 bits per heavy atom. The molecule has 1 saturated carbocycles. The molecule has 0 atom stereocenters. The Hall–Kier alpha value is -1.82. The fourth-order valence-electron chi connectivity index (χ4n) is 2.02. The molecule has 1 N–H and O–H groups in total. The highest BCUT2D eigenvalue weighted by Gasteiger charge is 2.47. The van der Waals surface area contributed by atoms with Crippen molar-refractivity contribution in [2.24, 2.45) is 0 Å². The number of carbonyl (C=O) groups is 1. The minimum atomic E-state index is -0.949. The van der Waals surface area contributed by atoms with Gasteiger partial charge in [-0.3, -0.25) is 0 Å². The Bertz CT molecular complexity index is 467. The number of nitrogens with zero attached hydrogens (tertiary/aromatic N) is 1. The monoisotopic (exact) mass is 201 g/mol. The van der Waals surface area contributed by atoms with Crippen LogP contribution in [0.3, 0.4) is 0 Å². The summed E-state index contributed by atoms with van der Waals surface area (Å²) in [5, 5.41) is 18.2. The molecule has 3 heteroatoms. The van der Waals surface area contributed by atoms with Crippen LogP contribution < -0.4 is 0 Å². The average Bonchev–Trinajstić information content (AvgIpc) is 2.98. The molecule has 0 spiro atoms. The molecule has 15 heavy (non-hydrogen) atoms. The van der Waals surface area contributed by atoms with Crippen molar-refractivity contribution in [3.05, 3.63) is 34.9 Å². The Kier molecular flexibility index (Phi) is 2.01. The second-order valence-corrected chi connectivity index (χ2v) is 4.00. The van der Waals surface area contributed by atoms with Crippen molar-refractivity contribution in [3.8, 4) is 6.07 Å². The van der Waals surface area contributed by atoms with E-state index in [2.05, 4.69) is 6.07 Å². The number of hydrogen-bond donors (Lipinski definition) is 1. The Labute approximate surface area is 88.0 Å². The number of nitriles is 1. The Morgan fingerprint density at radius 3 is 2.67 bits per heavy atom. The van der Waals surface area contributed by atoms with E-state index in [9.17, 15) is 4.79 Å². The molecule has 1 aromatic rings. The van der Waals surface area contributed by atoms with Gasteiger partial charge in [0.2, 0.25) is 0 Å². The predicted octanol–water partition coefficient (Wildman–Crippen LogP) is 2.25. The number of carboxylic acids is 1. The molecule has 0 aliphatic heterocycles. The lowest BCUT2D eigenvalue weighted by Crippen LogP contribution is -2.13. The van der Waals surface area contributed by atoms with E-state index in [4.69, 9.17) is 10.4 Å². The van der Waals surface area contributed by atoms with Crippen LogP contribution in [-0.4, -0.2) is 11.1 Å². The largest absolute Gasteiger partial charge is 0.478 e. The molecule has 1 fully saturated rings. The van der Waals surface area contributed by atoms with Crippen LogP contribution in [0.5, 0.6) is 0 Å². The summed E-state index contributed by atoms with van der Waals surface area (Å²) in [6.45, 7) is 1.86. The lowest BCUT2D eigenvalue weighted by molar-refractivity contribution is 0.0695. The molecule has 1 aliphatic carbocycles. The number of aryl methyl sites for hydroxylation is 1. The van der Waals surface area contributed by atoms with E-state index in [1.54, 1.807) is 12.1 Å². The number of benzene rings is 1. The molecule has 2 rings (SSSR count). The minimum Gasteiger partial charge on any atom is -0.478 e. The zero-order valence-electron chi connectivity index (χ0n) is 8.45. The van der Waals surface area contributed by atoms with Gasteiger partial charge < -0.3 is 5.11 Å². The lowest BCUT2D eigenvalue weighted by Gasteiger charge is -2.13. The first-order chi connectivity index (χ1) is 7.10. The van der Waals surface area contributed by atoms with Gasteiger partial charge in [0, 0.05) is 0 Å². The van der Waals surface area contributed by atoms with E-state index in [1.165, 1.54) is 0 Å². The summed E-state index contributed by atoms with van der Waals surface area (Å²) in [6.07, 6.45) is 1.54. The highest BCUT2D eigenvalue weighted by molar-refractivity contribution is 5.91. The van der Waals surface area contributed by atoms with Crippen LogP contribution in [0.2, 0.25) is 0 Å². The Balaban J connectivity index is 2.64. The second kappa shape index (κ2) is 3.09. The molecule has 0 aromatic heterocycles. The van der Waals surface area contributed by atoms with Gasteiger partial charge in [-0.05, 0) is 37.0 Å². The van der Waals surface area contributed by atoms with Gasteiger partial charge in [-0.1, -0.05) is 12.1 Å². The van der Waals surface area contributed by atoms with Crippen LogP contribution in [0, 0.1) is 18.3 Å². The maximum absolute atomic E-state index is 11.1. The zero-order valence-corrected chi connectivity index (χ0v) is 8.45. The maximum Gasteiger partial charge on any atom is 0.336 e. The fourth-order valence-corrected chi connectivity index (χ4v) is 2.02. The van der Waals surface area contributed by atoms with Crippen molar-refractivity contribution in [1.29, 1.82) is 5.26 Å². The normalized spacial score (nSPS) is 16.8. The first-order valence-electron chi connectivity index (χ1n) is 4.85. The van der Waals surface area contributed by atoms with Crippen LogP contribution in [0.25, 0.3) is 0 Å². The third-order valence-corrected chi connectivity index (χ3v) is 2.95. The smallest absolute Gasteiger partial charge is 0.336 e. The predicted molar refractivity (Wildman–Crippen MR) is 54.7 cm³/mol. The van der Waals surface area contributed by atoms with E-state index in [-0.39, 0.29) is 5.56 Å². The van der Waals surface area contributed by atoms with Crippen LogP contribution >= 0.6 is 0 Å². The number of rotatable bonds is 2. The molecular formula is C12H11NO2. The summed E-state index contributed by atoms with van der Waals surface area (Å²) >= 11 is 0. The zero-order chi connectivity index (χ0) is 11.1. The van der Waals surface area contributed by atoms with Crippen molar-refractivity contribution < 1.29 is 9.90 Å². The standard InChI is InChI=1S/C12H11NO2/c1-8-3-2-4-9(11(14)15)10(8)12(7-13)5-6-12/h2-4H,5-6H2,1H3,(H,14,15). The summed E-state index contributed by atoms with van der Waals surface area (Å²) in [4.78, 5) is 11.1. The highest BCUT2D eigenvalue weighted by Crippen LogP contribution is 2.49. The van der Waals surface area contributed by atoms with Crippen LogP contribution in [0.15, 0.2) is 18.2 Å². The summed E-state index contributed by atoms with van der Waals surface area (Å²) in [5.41, 5.74) is 1.35. The van der Waals surface area contributed by atoms with Gasteiger partial charge in [-0.2, -0.15) is 5.26 Å². The highest BCUT2D eigenvalue weighted by atomic mass is 16.4. The SMILES string of the molecule is Cc1cccc(C(=O)O)c1C1(C#N)CC1. The topological polar surface area (TPSA) is 61.1 Å². The van der Waals surface area contributed by atoms with E-state index < -0.39 is 11.4 Å². The minimum absolute atomic E-state index is 0.272. The van der Waals surface area contributed by atoms with E-state index in [1.807, 2.05) is 13.0 Å². The number of carboxylic acid groups (broad SMARTS) is 1. The Morgan fingerprint density at radius 1 is 1.53 bits per heavy atom. The molecule has 76 valence electrons. The second-order valence-electron chi connectivity index (χ2n) is 4.00. The maximum atomic E-state index is 11.1. The third-order valence-electron chi connectivity index (χ3n) is 2.95. The van der Waals surface area contributed by atoms with Gasteiger partial charge in [0.25, 0.3) is 0 Å². The third kappa shape index (κ3) is 1.39. The molecule has 0 saturated heterocycles. The summed E-state index contributed by atoms with van der Waals surface area (Å²) < 4.78 is 0. The molecule has 0 heterocycles. The van der Waals surface area contributed by atoms with Gasteiger partial charge in [0.05, 0.1) is 17.0 Å². The summed E-state index contributed by atoms with van der Waals surface area (Å²) in [5.74, 6) is -0.949. The van der Waals surface area contributed by atoms with Gasteiger partial charge in [-0.15, -0.1) is 0 Å².